The van der Waals surface area contributed by atoms with Crippen molar-refractivity contribution in [2.45, 2.75) is 26.2 Å². The van der Waals surface area contributed by atoms with E-state index in [1.807, 2.05) is 20.8 Å². The van der Waals surface area contributed by atoms with E-state index in [1.54, 1.807) is 12.4 Å². The van der Waals surface area contributed by atoms with Crippen LogP contribution >= 0.6 is 0 Å². The van der Waals surface area contributed by atoms with Crippen LogP contribution in [0, 0.1) is 0 Å². The fraction of sp³-hybridized carbons (Fsp3) is 0.417. The number of nitrogens with one attached hydrogen (secondary N) is 3. The van der Waals surface area contributed by atoms with Crippen LogP contribution in [0.5, 0.6) is 0 Å². The summed E-state index contributed by atoms with van der Waals surface area (Å²) in [6.45, 7) is 6.15. The molecule has 1 aromatic heterocycles. The summed E-state index contributed by atoms with van der Waals surface area (Å²) in [6.07, 6.45) is 3.17. The number of imidazole rings is 1. The number of rotatable bonds is 1. The van der Waals surface area contributed by atoms with Crippen LogP contribution in [0.2, 0.25) is 0 Å². The topological polar surface area (TPSA) is 86.9 Å². The first-order valence-corrected chi connectivity index (χ1v) is 5.71. The van der Waals surface area contributed by atoms with Crippen LogP contribution in [0.15, 0.2) is 12.0 Å². The van der Waals surface area contributed by atoms with Crippen LogP contribution in [0.3, 0.4) is 0 Å². The van der Waals surface area contributed by atoms with E-state index in [9.17, 15) is 9.59 Å². The molecular formula is C12H16N4O2. The van der Waals surface area contributed by atoms with Crippen molar-refractivity contribution in [1.82, 2.24) is 20.6 Å². The zero-order valence-corrected chi connectivity index (χ0v) is 10.6. The van der Waals surface area contributed by atoms with E-state index in [2.05, 4.69) is 20.6 Å². The quantitative estimate of drug-likeness (QED) is 0.624. The molecule has 96 valence electrons. The molecule has 1 aliphatic rings. The van der Waals surface area contributed by atoms with Crippen LogP contribution in [0.4, 0.5) is 0 Å². The summed E-state index contributed by atoms with van der Waals surface area (Å²) >= 11 is 0. The maximum absolute atomic E-state index is 11.6. The number of aromatic amines is 1. The van der Waals surface area contributed by atoms with Gasteiger partial charge in [-0.3, -0.25) is 9.59 Å². The Morgan fingerprint density at radius 1 is 1.33 bits per heavy atom. The van der Waals surface area contributed by atoms with Gasteiger partial charge in [0.25, 0.3) is 5.91 Å². The number of piperazine rings is 1. The molecule has 0 spiro atoms. The highest BCUT2D eigenvalue weighted by Gasteiger charge is 2.23. The summed E-state index contributed by atoms with van der Waals surface area (Å²) in [5.41, 5.74) is 1.69. The maximum Gasteiger partial charge on any atom is 0.268 e. The Bertz CT molecular complexity index is 522. The third-order valence-electron chi connectivity index (χ3n) is 2.63. The number of hydrogen-bond acceptors (Lipinski definition) is 3. The number of H-pyrrole nitrogens is 1. The zero-order valence-electron chi connectivity index (χ0n) is 10.6. The highest BCUT2D eigenvalue weighted by Crippen LogP contribution is 2.24. The molecule has 6 heteroatoms. The third-order valence-corrected chi connectivity index (χ3v) is 2.63. The number of hydrogen-bond donors (Lipinski definition) is 3. The minimum Gasteiger partial charge on any atom is -0.348 e. The lowest BCUT2D eigenvalue weighted by atomic mass is 9.90. The summed E-state index contributed by atoms with van der Waals surface area (Å²) in [5, 5.41) is 5.03. The number of aromatic nitrogens is 2. The molecule has 1 saturated heterocycles. The molecule has 18 heavy (non-hydrogen) atoms. The second kappa shape index (κ2) is 4.29. The van der Waals surface area contributed by atoms with E-state index in [0.29, 0.717) is 5.69 Å². The van der Waals surface area contributed by atoms with E-state index < -0.39 is 0 Å². The largest absolute Gasteiger partial charge is 0.348 e. The van der Waals surface area contributed by atoms with Crippen molar-refractivity contribution in [3.05, 3.63) is 23.4 Å². The molecule has 0 aromatic carbocycles. The van der Waals surface area contributed by atoms with Gasteiger partial charge in [-0.2, -0.15) is 0 Å². The predicted molar refractivity (Wildman–Crippen MR) is 66.4 cm³/mol. The van der Waals surface area contributed by atoms with Crippen molar-refractivity contribution in [3.63, 3.8) is 0 Å². The van der Waals surface area contributed by atoms with Gasteiger partial charge in [-0.05, 0) is 6.08 Å². The molecule has 3 N–H and O–H groups in total. The molecule has 1 aromatic rings. The van der Waals surface area contributed by atoms with E-state index in [1.165, 1.54) is 0 Å². The van der Waals surface area contributed by atoms with Gasteiger partial charge >= 0.3 is 0 Å². The first-order valence-electron chi connectivity index (χ1n) is 5.71. The monoisotopic (exact) mass is 248 g/mol. The number of amides is 2. The summed E-state index contributed by atoms with van der Waals surface area (Å²) in [6, 6.07) is 0. The van der Waals surface area contributed by atoms with Gasteiger partial charge in [0, 0.05) is 11.1 Å². The Morgan fingerprint density at radius 2 is 2.06 bits per heavy atom. The molecule has 1 fully saturated rings. The van der Waals surface area contributed by atoms with Crippen molar-refractivity contribution in [2.24, 2.45) is 0 Å². The Hall–Kier alpha value is -2.11. The van der Waals surface area contributed by atoms with Gasteiger partial charge in [0.05, 0.1) is 18.6 Å². The molecule has 6 nitrogen and oxygen atoms in total. The van der Waals surface area contributed by atoms with Crippen LogP contribution in [-0.4, -0.2) is 28.3 Å². The molecule has 2 amide bonds. The van der Waals surface area contributed by atoms with Crippen LogP contribution < -0.4 is 10.6 Å². The van der Waals surface area contributed by atoms with Gasteiger partial charge in [-0.15, -0.1) is 0 Å². The molecule has 0 radical (unpaired) electrons. The SMILES string of the molecule is CC(C)(C)c1[nH]cnc1C=C1NC(=O)CNC1=O. The van der Waals surface area contributed by atoms with Crippen LogP contribution in [-0.2, 0) is 15.0 Å². The molecule has 2 rings (SSSR count). The van der Waals surface area contributed by atoms with Gasteiger partial charge in [0.1, 0.15) is 5.70 Å². The fourth-order valence-electron chi connectivity index (χ4n) is 1.76. The van der Waals surface area contributed by atoms with E-state index in [0.717, 1.165) is 5.69 Å². The summed E-state index contributed by atoms with van der Waals surface area (Å²) in [7, 11) is 0. The maximum atomic E-state index is 11.6. The number of carbonyl (C=O) groups excluding carboxylic acids is 2. The lowest BCUT2D eigenvalue weighted by Crippen LogP contribution is -2.47. The molecular weight excluding hydrogens is 232 g/mol. The Morgan fingerprint density at radius 3 is 2.72 bits per heavy atom. The predicted octanol–water partition coefficient (Wildman–Crippen LogP) is 0.294. The molecule has 0 bridgehead atoms. The second-order valence-electron chi connectivity index (χ2n) is 5.20. The lowest BCUT2D eigenvalue weighted by Gasteiger charge is -2.19. The van der Waals surface area contributed by atoms with Crippen molar-refractivity contribution in [1.29, 1.82) is 0 Å². The lowest BCUT2D eigenvalue weighted by molar-refractivity contribution is -0.127. The minimum absolute atomic E-state index is 0.0167. The first-order chi connectivity index (χ1) is 8.38. The standard InChI is InChI=1S/C12H16N4O2/c1-12(2,3)10-7(14-6-15-10)4-8-11(18)13-5-9(17)16-8/h4,6H,5H2,1-3H3,(H,13,18)(H,14,15)(H,16,17). The molecule has 1 aliphatic heterocycles. The second-order valence-corrected chi connectivity index (χ2v) is 5.20. The first kappa shape index (κ1) is 12.3. The molecule has 0 aliphatic carbocycles. The normalized spacial score (nSPS) is 18.7. The Kier molecular flexibility index (Phi) is 2.94. The van der Waals surface area contributed by atoms with Crippen molar-refractivity contribution in [3.8, 4) is 0 Å². The van der Waals surface area contributed by atoms with E-state index in [-0.39, 0.29) is 29.5 Å². The average Bonchev–Trinajstić information content (AvgIpc) is 2.71. The number of nitrogens with zero attached hydrogens (tertiary/aromatic N) is 1. The van der Waals surface area contributed by atoms with Crippen LogP contribution in [0.25, 0.3) is 6.08 Å². The van der Waals surface area contributed by atoms with Crippen molar-refractivity contribution >= 4 is 17.9 Å². The number of carbonyl (C=O) groups is 2. The molecule has 0 saturated carbocycles. The van der Waals surface area contributed by atoms with E-state index >= 15 is 0 Å². The highest BCUT2D eigenvalue weighted by atomic mass is 16.2. The minimum atomic E-state index is -0.294. The van der Waals surface area contributed by atoms with Gasteiger partial charge in [0.2, 0.25) is 5.91 Å². The molecule has 0 atom stereocenters. The van der Waals surface area contributed by atoms with Gasteiger partial charge in [-0.25, -0.2) is 4.98 Å². The van der Waals surface area contributed by atoms with E-state index in [4.69, 9.17) is 0 Å². The molecule has 0 unspecified atom stereocenters. The van der Waals surface area contributed by atoms with Gasteiger partial charge < -0.3 is 15.6 Å². The van der Waals surface area contributed by atoms with Crippen molar-refractivity contribution in [2.75, 3.05) is 6.54 Å². The van der Waals surface area contributed by atoms with Gasteiger partial charge in [-0.1, -0.05) is 20.8 Å². The average molecular weight is 248 g/mol. The summed E-state index contributed by atoms with van der Waals surface area (Å²) in [4.78, 5) is 30.1. The summed E-state index contributed by atoms with van der Waals surface area (Å²) in [5.74, 6) is -0.522. The molecule has 2 heterocycles. The Labute approximate surface area is 105 Å². The fourth-order valence-corrected chi connectivity index (χ4v) is 1.76. The smallest absolute Gasteiger partial charge is 0.268 e. The Balaban J connectivity index is 2.35. The third kappa shape index (κ3) is 2.42. The van der Waals surface area contributed by atoms with Crippen molar-refractivity contribution < 1.29 is 9.59 Å². The van der Waals surface area contributed by atoms with Crippen LogP contribution in [0.1, 0.15) is 32.2 Å². The summed E-state index contributed by atoms with van der Waals surface area (Å²) < 4.78 is 0. The van der Waals surface area contributed by atoms with Gasteiger partial charge in [0.15, 0.2) is 0 Å². The zero-order chi connectivity index (χ0) is 13.3. The highest BCUT2D eigenvalue weighted by molar-refractivity contribution is 6.05.